The minimum absolute atomic E-state index is 0.164. The van der Waals surface area contributed by atoms with Crippen LogP contribution in [0.15, 0.2) is 48.5 Å². The number of amides is 2. The van der Waals surface area contributed by atoms with Gasteiger partial charge in [-0.3, -0.25) is 14.5 Å². The van der Waals surface area contributed by atoms with Crippen molar-refractivity contribution in [2.75, 3.05) is 25.2 Å². The zero-order valence-electron chi connectivity index (χ0n) is 16.8. The lowest BCUT2D eigenvalue weighted by atomic mass is 10.1. The minimum Gasteiger partial charge on any atom is -0.481 e. The molecule has 1 aromatic carbocycles. The largest absolute Gasteiger partial charge is 0.481 e. The number of rotatable bonds is 7. The first-order chi connectivity index (χ1) is 14.6. The predicted octanol–water partition coefficient (Wildman–Crippen LogP) is 2.84. The van der Waals surface area contributed by atoms with Crippen LogP contribution in [0.2, 0.25) is 0 Å². The Morgan fingerprint density at radius 2 is 1.93 bits per heavy atom. The van der Waals surface area contributed by atoms with Gasteiger partial charge in [0.25, 0.3) is 5.91 Å². The van der Waals surface area contributed by atoms with Gasteiger partial charge < -0.3 is 14.8 Å². The number of nitrogens with one attached hydrogen (secondary N) is 1. The third-order valence-electron chi connectivity index (χ3n) is 4.82. The van der Waals surface area contributed by atoms with Gasteiger partial charge in [0.2, 0.25) is 11.8 Å². The van der Waals surface area contributed by atoms with Gasteiger partial charge in [-0.1, -0.05) is 25.1 Å². The van der Waals surface area contributed by atoms with E-state index in [4.69, 9.17) is 9.47 Å². The van der Waals surface area contributed by atoms with Gasteiger partial charge >= 0.3 is 0 Å². The van der Waals surface area contributed by atoms with E-state index in [1.165, 1.54) is 12.0 Å². The molecule has 2 amide bonds. The zero-order chi connectivity index (χ0) is 21.1. The molecular formula is C22H22N4O4. The van der Waals surface area contributed by atoms with E-state index < -0.39 is 6.23 Å². The van der Waals surface area contributed by atoms with E-state index in [1.807, 2.05) is 31.2 Å². The van der Waals surface area contributed by atoms with Gasteiger partial charge in [0.05, 0.1) is 7.11 Å². The second kappa shape index (κ2) is 8.46. The normalized spacial score (nSPS) is 15.3. The fourth-order valence-electron chi connectivity index (χ4n) is 3.36. The van der Waals surface area contributed by atoms with Crippen molar-refractivity contribution in [3.8, 4) is 5.88 Å². The molecule has 2 aromatic heterocycles. The first-order valence-electron chi connectivity index (χ1n) is 9.75. The molecule has 3 aromatic rings. The van der Waals surface area contributed by atoms with Crippen LogP contribution in [-0.2, 0) is 9.53 Å². The average molecular weight is 406 g/mol. The van der Waals surface area contributed by atoms with Crippen molar-refractivity contribution in [3.63, 3.8) is 0 Å². The number of anilines is 1. The highest BCUT2D eigenvalue weighted by molar-refractivity contribution is 6.10. The predicted molar refractivity (Wildman–Crippen MR) is 111 cm³/mol. The maximum absolute atomic E-state index is 13.1. The molecule has 0 spiro atoms. The maximum Gasteiger partial charge on any atom is 0.262 e. The van der Waals surface area contributed by atoms with Crippen molar-refractivity contribution in [1.82, 2.24) is 15.3 Å². The minimum atomic E-state index is -0.753. The second-order valence-corrected chi connectivity index (χ2v) is 6.85. The fraction of sp³-hybridized carbons (Fsp3) is 0.273. The van der Waals surface area contributed by atoms with Crippen LogP contribution in [0, 0.1) is 0 Å². The first kappa shape index (κ1) is 19.8. The van der Waals surface area contributed by atoms with E-state index in [1.54, 1.807) is 24.3 Å². The van der Waals surface area contributed by atoms with Gasteiger partial charge in [0.1, 0.15) is 12.4 Å². The number of nitrogens with zero attached hydrogens (tertiary/aromatic N) is 3. The lowest BCUT2D eigenvalue weighted by molar-refractivity contribution is -0.127. The summed E-state index contributed by atoms with van der Waals surface area (Å²) in [4.78, 5) is 35.6. The number of fused-ring (bicyclic) bond motifs is 2. The summed E-state index contributed by atoms with van der Waals surface area (Å²) in [6.45, 7) is 2.39. The zero-order valence-corrected chi connectivity index (χ0v) is 16.8. The van der Waals surface area contributed by atoms with E-state index >= 15 is 0 Å². The van der Waals surface area contributed by atoms with Gasteiger partial charge in [0, 0.05) is 29.1 Å². The van der Waals surface area contributed by atoms with Crippen LogP contribution in [-0.4, -0.2) is 42.0 Å². The highest BCUT2D eigenvalue weighted by atomic mass is 16.5. The van der Waals surface area contributed by atoms with Crippen molar-refractivity contribution < 1.29 is 19.1 Å². The summed E-state index contributed by atoms with van der Waals surface area (Å²) in [5.41, 5.74) is 1.68. The van der Waals surface area contributed by atoms with Crippen LogP contribution in [0.5, 0.6) is 5.88 Å². The van der Waals surface area contributed by atoms with Crippen molar-refractivity contribution in [1.29, 1.82) is 0 Å². The number of aromatic nitrogens is 2. The van der Waals surface area contributed by atoms with Crippen LogP contribution in [0.4, 0.5) is 5.82 Å². The van der Waals surface area contributed by atoms with Crippen LogP contribution < -0.4 is 15.0 Å². The molecule has 30 heavy (non-hydrogen) atoms. The monoisotopic (exact) mass is 406 g/mol. The number of hydrogen-bond acceptors (Lipinski definition) is 6. The molecule has 1 atom stereocenters. The van der Waals surface area contributed by atoms with Gasteiger partial charge in [0.15, 0.2) is 11.9 Å². The molecule has 1 N–H and O–H groups in total. The number of hydrogen-bond donors (Lipinski definition) is 1. The summed E-state index contributed by atoms with van der Waals surface area (Å²) in [6, 6.07) is 14.4. The molecule has 0 aliphatic carbocycles. The standard InChI is InChI=1S/C22H22N4O4/c1-3-12-23-18(27)13-30-22-16-7-5-4-6-15(16)21(28)26(22)17-10-8-14-9-11-19(29-2)25-20(14)24-17/h4-11,22H,3,12-13H2,1-2H3,(H,23,27). The second-order valence-electron chi connectivity index (χ2n) is 6.85. The molecule has 1 aliphatic heterocycles. The molecule has 0 radical (unpaired) electrons. The number of carbonyl (C=O) groups excluding carboxylic acids is 2. The summed E-state index contributed by atoms with van der Waals surface area (Å²) < 4.78 is 11.1. The number of methoxy groups -OCH3 is 1. The lowest BCUT2D eigenvalue weighted by Crippen LogP contribution is -2.34. The van der Waals surface area contributed by atoms with Crippen LogP contribution in [0.3, 0.4) is 0 Å². The highest BCUT2D eigenvalue weighted by Crippen LogP contribution is 2.37. The van der Waals surface area contributed by atoms with Crippen molar-refractivity contribution in [2.24, 2.45) is 0 Å². The molecule has 0 saturated heterocycles. The SMILES string of the molecule is CCCNC(=O)COC1c2ccccc2C(=O)N1c1ccc2ccc(OC)nc2n1. The summed E-state index contributed by atoms with van der Waals surface area (Å²) in [5, 5.41) is 3.60. The van der Waals surface area contributed by atoms with Crippen molar-refractivity contribution >= 4 is 28.7 Å². The van der Waals surface area contributed by atoms with E-state index in [0.29, 0.717) is 35.0 Å². The van der Waals surface area contributed by atoms with Crippen LogP contribution >= 0.6 is 0 Å². The third kappa shape index (κ3) is 3.69. The summed E-state index contributed by atoms with van der Waals surface area (Å²) in [7, 11) is 1.53. The Morgan fingerprint density at radius 3 is 2.73 bits per heavy atom. The molecule has 0 bridgehead atoms. The van der Waals surface area contributed by atoms with Gasteiger partial charge in [-0.2, -0.15) is 4.98 Å². The first-order valence-corrected chi connectivity index (χ1v) is 9.75. The Bertz CT molecular complexity index is 1100. The average Bonchev–Trinajstić information content (AvgIpc) is 3.07. The highest BCUT2D eigenvalue weighted by Gasteiger charge is 2.39. The van der Waals surface area contributed by atoms with E-state index in [2.05, 4.69) is 15.3 Å². The quantitative estimate of drug-likeness (QED) is 0.649. The summed E-state index contributed by atoms with van der Waals surface area (Å²) >= 11 is 0. The van der Waals surface area contributed by atoms with E-state index in [9.17, 15) is 9.59 Å². The topological polar surface area (TPSA) is 93.7 Å². The molecule has 4 rings (SSSR count). The molecular weight excluding hydrogens is 384 g/mol. The Morgan fingerprint density at radius 1 is 1.13 bits per heavy atom. The smallest absolute Gasteiger partial charge is 0.262 e. The number of carbonyl (C=O) groups is 2. The van der Waals surface area contributed by atoms with Gasteiger partial charge in [-0.25, -0.2) is 4.98 Å². The Labute approximate surface area is 173 Å². The van der Waals surface area contributed by atoms with Gasteiger partial charge in [-0.15, -0.1) is 0 Å². The Kier molecular flexibility index (Phi) is 5.58. The maximum atomic E-state index is 13.1. The Hall–Kier alpha value is -3.52. The van der Waals surface area contributed by atoms with E-state index in [0.717, 1.165) is 11.8 Å². The van der Waals surface area contributed by atoms with E-state index in [-0.39, 0.29) is 18.4 Å². The molecule has 8 heteroatoms. The molecule has 1 aliphatic rings. The van der Waals surface area contributed by atoms with Crippen LogP contribution in [0.25, 0.3) is 11.0 Å². The fourth-order valence-corrected chi connectivity index (χ4v) is 3.36. The number of ether oxygens (including phenoxy) is 2. The number of benzene rings is 1. The molecule has 1 unspecified atom stereocenters. The molecule has 8 nitrogen and oxygen atoms in total. The molecule has 0 saturated carbocycles. The molecule has 3 heterocycles. The van der Waals surface area contributed by atoms with Crippen molar-refractivity contribution in [2.45, 2.75) is 19.6 Å². The molecule has 154 valence electrons. The summed E-state index contributed by atoms with van der Waals surface area (Å²) in [6.07, 6.45) is 0.0803. The lowest BCUT2D eigenvalue weighted by Gasteiger charge is -2.24. The van der Waals surface area contributed by atoms with Crippen LogP contribution in [0.1, 0.15) is 35.5 Å². The van der Waals surface area contributed by atoms with Gasteiger partial charge in [-0.05, 0) is 30.7 Å². The third-order valence-corrected chi connectivity index (χ3v) is 4.82. The summed E-state index contributed by atoms with van der Waals surface area (Å²) in [5.74, 6) is 0.359. The Balaban J connectivity index is 1.68. The van der Waals surface area contributed by atoms with Crippen molar-refractivity contribution in [3.05, 3.63) is 59.7 Å². The number of pyridine rings is 2. The molecule has 0 fully saturated rings.